The molecule has 0 saturated heterocycles. The zero-order valence-corrected chi connectivity index (χ0v) is 19.2. The molecule has 0 bridgehead atoms. The Morgan fingerprint density at radius 2 is 1.67 bits per heavy atom. The fraction of sp³-hybridized carbons (Fsp3) is 0.360. The van der Waals surface area contributed by atoms with Gasteiger partial charge in [0.2, 0.25) is 6.79 Å². The van der Waals surface area contributed by atoms with E-state index in [4.69, 9.17) is 28.4 Å². The van der Waals surface area contributed by atoms with Crippen molar-refractivity contribution in [2.24, 2.45) is 5.92 Å². The Morgan fingerprint density at radius 1 is 0.939 bits per heavy atom. The number of hydrogen-bond donors (Lipinski definition) is 0. The van der Waals surface area contributed by atoms with Crippen LogP contribution < -0.4 is 18.9 Å². The highest BCUT2D eigenvalue weighted by Crippen LogP contribution is 2.34. The average Bonchev–Trinajstić information content (AvgIpc) is 3.27. The minimum absolute atomic E-state index is 0.0585. The molecule has 8 nitrogen and oxygen atoms in total. The van der Waals surface area contributed by atoms with Gasteiger partial charge in [-0.3, -0.25) is 9.59 Å². The van der Waals surface area contributed by atoms with Gasteiger partial charge in [0, 0.05) is 19.8 Å². The number of esters is 2. The second kappa shape index (κ2) is 11.3. The molecule has 0 aliphatic carbocycles. The highest BCUT2D eigenvalue weighted by molar-refractivity contribution is 5.67. The molecule has 0 aromatic heterocycles. The normalized spacial score (nSPS) is 13.3. The summed E-state index contributed by atoms with van der Waals surface area (Å²) < 4.78 is 32.3. The maximum absolute atomic E-state index is 11.6. The van der Waals surface area contributed by atoms with Crippen molar-refractivity contribution in [3.8, 4) is 23.0 Å². The van der Waals surface area contributed by atoms with Crippen molar-refractivity contribution < 1.29 is 38.0 Å². The maximum Gasteiger partial charge on any atom is 0.302 e. The van der Waals surface area contributed by atoms with Crippen molar-refractivity contribution in [2.75, 3.05) is 34.2 Å². The van der Waals surface area contributed by atoms with E-state index in [9.17, 15) is 9.59 Å². The Balaban J connectivity index is 1.94. The van der Waals surface area contributed by atoms with Crippen LogP contribution in [0.2, 0.25) is 0 Å². The number of methoxy groups -OCH3 is 2. The third-order valence-electron chi connectivity index (χ3n) is 5.13. The molecule has 1 atom stereocenters. The topological polar surface area (TPSA) is 89.5 Å². The molecule has 2 aromatic carbocycles. The lowest BCUT2D eigenvalue weighted by molar-refractivity contribution is -0.143. The lowest BCUT2D eigenvalue weighted by Crippen LogP contribution is -2.21. The summed E-state index contributed by atoms with van der Waals surface area (Å²) >= 11 is 0. The van der Waals surface area contributed by atoms with Gasteiger partial charge in [-0.25, -0.2) is 0 Å². The van der Waals surface area contributed by atoms with E-state index in [1.165, 1.54) is 13.8 Å². The van der Waals surface area contributed by atoms with Gasteiger partial charge in [-0.1, -0.05) is 18.2 Å². The van der Waals surface area contributed by atoms with Crippen LogP contribution in [-0.2, 0) is 25.5 Å². The predicted octanol–water partition coefficient (Wildman–Crippen LogP) is 3.80. The standard InChI is InChI=1S/C25H28O8/c1-16(26)30-13-20(9-18-5-7-22(28-3)24(11-18)29-4)21(14-31-17(2)27)10-19-6-8-23-25(12-19)33-15-32-23/h5-8,10-12,20H,9,13-15H2,1-4H3. The Kier molecular flexibility index (Phi) is 8.18. The molecule has 1 unspecified atom stereocenters. The van der Waals surface area contributed by atoms with Crippen LogP contribution >= 0.6 is 0 Å². The van der Waals surface area contributed by atoms with E-state index in [1.807, 2.05) is 42.5 Å². The lowest BCUT2D eigenvalue weighted by Gasteiger charge is -2.21. The first kappa shape index (κ1) is 24.0. The summed E-state index contributed by atoms with van der Waals surface area (Å²) in [6.45, 7) is 3.08. The van der Waals surface area contributed by atoms with Crippen LogP contribution in [0, 0.1) is 5.92 Å². The smallest absolute Gasteiger partial charge is 0.302 e. The monoisotopic (exact) mass is 456 g/mol. The van der Waals surface area contributed by atoms with Crippen LogP contribution in [0.25, 0.3) is 6.08 Å². The summed E-state index contributed by atoms with van der Waals surface area (Å²) in [5.74, 6) is 1.50. The zero-order chi connectivity index (χ0) is 23.8. The zero-order valence-electron chi connectivity index (χ0n) is 19.2. The molecule has 0 spiro atoms. The fourth-order valence-corrected chi connectivity index (χ4v) is 3.49. The first-order valence-corrected chi connectivity index (χ1v) is 10.5. The maximum atomic E-state index is 11.6. The Morgan fingerprint density at radius 3 is 2.36 bits per heavy atom. The molecule has 1 aliphatic heterocycles. The molecule has 0 amide bonds. The molecule has 3 rings (SSSR count). The van der Waals surface area contributed by atoms with Crippen LogP contribution in [-0.4, -0.2) is 46.2 Å². The predicted molar refractivity (Wildman–Crippen MR) is 121 cm³/mol. The molecular formula is C25H28O8. The Hall–Kier alpha value is -3.68. The third kappa shape index (κ3) is 6.65. The lowest BCUT2D eigenvalue weighted by atomic mass is 9.91. The molecule has 176 valence electrons. The molecule has 33 heavy (non-hydrogen) atoms. The van der Waals surface area contributed by atoms with Gasteiger partial charge in [-0.15, -0.1) is 0 Å². The van der Waals surface area contributed by atoms with Gasteiger partial charge in [0.1, 0.15) is 6.61 Å². The number of fused-ring (bicyclic) bond motifs is 1. The number of carbonyl (C=O) groups is 2. The first-order valence-electron chi connectivity index (χ1n) is 10.5. The second-order valence-corrected chi connectivity index (χ2v) is 7.51. The SMILES string of the molecule is COc1ccc(CC(COC(C)=O)C(=Cc2ccc3c(c2)OCO3)COC(C)=O)cc1OC. The largest absolute Gasteiger partial charge is 0.493 e. The van der Waals surface area contributed by atoms with Crippen molar-refractivity contribution >= 4 is 18.0 Å². The average molecular weight is 456 g/mol. The second-order valence-electron chi connectivity index (χ2n) is 7.51. The van der Waals surface area contributed by atoms with Gasteiger partial charge >= 0.3 is 11.9 Å². The van der Waals surface area contributed by atoms with Crippen LogP contribution in [0.3, 0.4) is 0 Å². The van der Waals surface area contributed by atoms with Crippen molar-refractivity contribution in [1.29, 1.82) is 0 Å². The summed E-state index contributed by atoms with van der Waals surface area (Å²) in [6.07, 6.45) is 2.44. The molecule has 0 N–H and O–H groups in total. The van der Waals surface area contributed by atoms with Crippen LogP contribution in [0.5, 0.6) is 23.0 Å². The van der Waals surface area contributed by atoms with E-state index in [1.54, 1.807) is 14.2 Å². The summed E-state index contributed by atoms with van der Waals surface area (Å²) in [5, 5.41) is 0. The van der Waals surface area contributed by atoms with E-state index in [0.29, 0.717) is 29.4 Å². The van der Waals surface area contributed by atoms with Gasteiger partial charge in [0.05, 0.1) is 20.8 Å². The molecular weight excluding hydrogens is 428 g/mol. The van der Waals surface area contributed by atoms with Crippen molar-refractivity contribution in [3.63, 3.8) is 0 Å². The quantitative estimate of drug-likeness (QED) is 0.499. The van der Waals surface area contributed by atoms with E-state index in [2.05, 4.69) is 0 Å². The highest BCUT2D eigenvalue weighted by atomic mass is 16.7. The van der Waals surface area contributed by atoms with Gasteiger partial charge in [0.25, 0.3) is 0 Å². The molecule has 0 saturated carbocycles. The number of carbonyl (C=O) groups excluding carboxylic acids is 2. The van der Waals surface area contributed by atoms with Crippen molar-refractivity contribution in [3.05, 3.63) is 53.1 Å². The summed E-state index contributed by atoms with van der Waals surface area (Å²) in [7, 11) is 3.15. The fourth-order valence-electron chi connectivity index (χ4n) is 3.49. The Bertz CT molecular complexity index is 1030. The third-order valence-corrected chi connectivity index (χ3v) is 5.13. The Labute approximate surface area is 193 Å². The summed E-state index contributed by atoms with van der Waals surface area (Å²) in [5.41, 5.74) is 2.59. The minimum Gasteiger partial charge on any atom is -0.493 e. The van der Waals surface area contributed by atoms with Gasteiger partial charge in [-0.05, 0) is 47.4 Å². The van der Waals surface area contributed by atoms with Crippen molar-refractivity contribution in [1.82, 2.24) is 0 Å². The van der Waals surface area contributed by atoms with E-state index < -0.39 is 5.97 Å². The summed E-state index contributed by atoms with van der Waals surface area (Å²) in [4.78, 5) is 23.1. The molecule has 0 radical (unpaired) electrons. The van der Waals surface area contributed by atoms with E-state index in [0.717, 1.165) is 16.7 Å². The highest BCUT2D eigenvalue weighted by Gasteiger charge is 2.20. The molecule has 8 heteroatoms. The van der Waals surface area contributed by atoms with Crippen LogP contribution in [0.1, 0.15) is 25.0 Å². The number of rotatable bonds is 10. The van der Waals surface area contributed by atoms with E-state index in [-0.39, 0.29) is 31.9 Å². The minimum atomic E-state index is -0.399. The van der Waals surface area contributed by atoms with Crippen LogP contribution in [0.4, 0.5) is 0 Å². The van der Waals surface area contributed by atoms with E-state index >= 15 is 0 Å². The van der Waals surface area contributed by atoms with Crippen molar-refractivity contribution in [2.45, 2.75) is 20.3 Å². The van der Waals surface area contributed by atoms with Gasteiger partial charge in [-0.2, -0.15) is 0 Å². The molecule has 0 fully saturated rings. The van der Waals surface area contributed by atoms with Gasteiger partial charge in [0.15, 0.2) is 23.0 Å². The molecule has 1 heterocycles. The summed E-state index contributed by atoms with van der Waals surface area (Å²) in [6, 6.07) is 11.2. The first-order chi connectivity index (χ1) is 15.9. The molecule has 1 aliphatic rings. The van der Waals surface area contributed by atoms with Gasteiger partial charge < -0.3 is 28.4 Å². The van der Waals surface area contributed by atoms with Crippen LogP contribution in [0.15, 0.2) is 42.0 Å². The number of ether oxygens (including phenoxy) is 6. The number of hydrogen-bond acceptors (Lipinski definition) is 8. The number of benzene rings is 2. The molecule has 2 aromatic rings.